The van der Waals surface area contributed by atoms with Crippen molar-refractivity contribution >= 4 is 39.4 Å². The summed E-state index contributed by atoms with van der Waals surface area (Å²) < 4.78 is 66.3. The first-order valence-corrected chi connectivity index (χ1v) is 11.6. The van der Waals surface area contributed by atoms with E-state index in [-0.39, 0.29) is 24.7 Å². The van der Waals surface area contributed by atoms with Crippen LogP contribution in [-0.4, -0.2) is 54.0 Å². The Hall–Kier alpha value is -3.68. The van der Waals surface area contributed by atoms with E-state index >= 15 is 0 Å². The van der Waals surface area contributed by atoms with Crippen molar-refractivity contribution in [3.63, 3.8) is 0 Å². The molecule has 1 aliphatic heterocycles. The third-order valence-corrected chi connectivity index (χ3v) is 6.71. The maximum Gasteiger partial charge on any atom is 0.501 e. The molecule has 35 heavy (non-hydrogen) atoms. The number of alkyl halides is 3. The lowest BCUT2D eigenvalue weighted by atomic mass is 10.0. The van der Waals surface area contributed by atoms with Crippen molar-refractivity contribution in [1.29, 1.82) is 0 Å². The fraction of sp³-hybridized carbons (Fsp3) is 0.333. The van der Waals surface area contributed by atoms with Gasteiger partial charge in [0.25, 0.3) is 15.7 Å². The van der Waals surface area contributed by atoms with E-state index in [2.05, 4.69) is 10.3 Å². The van der Waals surface area contributed by atoms with Crippen LogP contribution in [0.3, 0.4) is 0 Å². The van der Waals surface area contributed by atoms with Gasteiger partial charge in [-0.15, -0.1) is 0 Å². The molecule has 0 bridgehead atoms. The van der Waals surface area contributed by atoms with E-state index in [1.54, 1.807) is 13.0 Å². The number of nitrogens with one attached hydrogen (secondary N) is 1. The number of anilines is 2. The summed E-state index contributed by atoms with van der Waals surface area (Å²) in [7, 11) is -5.58. The number of carbonyl (C=O) groups is 3. The highest BCUT2D eigenvalue weighted by Crippen LogP contribution is 2.35. The number of hydrogen-bond acceptors (Lipinski definition) is 7. The van der Waals surface area contributed by atoms with Crippen molar-refractivity contribution in [1.82, 2.24) is 9.88 Å². The Morgan fingerprint density at radius 3 is 2.34 bits per heavy atom. The average Bonchev–Trinajstić information content (AvgIpc) is 2.93. The highest BCUT2D eigenvalue weighted by Gasteiger charge is 2.52. The summed E-state index contributed by atoms with van der Waals surface area (Å²) in [6.45, 7) is 4.72. The normalized spacial score (nSPS) is 15.9. The molecule has 1 N–H and O–H groups in total. The van der Waals surface area contributed by atoms with Crippen LogP contribution in [0.4, 0.5) is 34.3 Å². The lowest BCUT2D eigenvalue weighted by Gasteiger charge is -2.27. The predicted molar refractivity (Wildman–Crippen MR) is 117 cm³/mol. The lowest BCUT2D eigenvalue weighted by Crippen LogP contribution is -2.43. The third-order valence-electron chi connectivity index (χ3n) is 5.20. The van der Waals surface area contributed by atoms with Crippen molar-refractivity contribution in [2.45, 2.75) is 43.3 Å². The first kappa shape index (κ1) is 25.9. The number of aromatic nitrogens is 1. The van der Waals surface area contributed by atoms with Gasteiger partial charge in [0, 0.05) is 12.7 Å². The third kappa shape index (κ3) is 4.92. The van der Waals surface area contributed by atoms with Crippen molar-refractivity contribution in [2.75, 3.05) is 16.8 Å². The molecule has 188 valence electrons. The summed E-state index contributed by atoms with van der Waals surface area (Å²) in [5.74, 6) is -0.497. The van der Waals surface area contributed by atoms with Gasteiger partial charge in [0.2, 0.25) is 0 Å². The number of amides is 4. The zero-order valence-electron chi connectivity index (χ0n) is 18.8. The molecule has 1 aromatic heterocycles. The van der Waals surface area contributed by atoms with E-state index in [0.717, 1.165) is 17.0 Å². The average molecular weight is 514 g/mol. The molecule has 0 spiro atoms. The highest BCUT2D eigenvalue weighted by molar-refractivity contribution is 7.92. The first-order valence-electron chi connectivity index (χ1n) is 10.2. The van der Waals surface area contributed by atoms with Gasteiger partial charge in [-0.05, 0) is 62.7 Å². The monoisotopic (exact) mass is 514 g/mol. The molecule has 0 radical (unpaired) electrons. The Morgan fingerprint density at radius 1 is 1.14 bits per heavy atom. The van der Waals surface area contributed by atoms with E-state index in [1.165, 1.54) is 31.0 Å². The molecule has 3 rings (SSSR count). The number of rotatable bonds is 6. The Balaban J connectivity index is 1.86. The summed E-state index contributed by atoms with van der Waals surface area (Å²) in [4.78, 5) is 42.8. The number of urea groups is 1. The predicted octanol–water partition coefficient (Wildman–Crippen LogP) is 3.69. The SMILES string of the molecule is CCOC(=O)Nc1cc(CN2C(=O)N(c3ccc(S(=O)(=O)C(F)(F)F)cc3)C(=O)C2(C)C)ccn1. The minimum absolute atomic E-state index is 0.0609. The largest absolute Gasteiger partial charge is 0.501 e. The number of pyridine rings is 1. The molecule has 2 heterocycles. The van der Waals surface area contributed by atoms with E-state index < -0.39 is 43.8 Å². The molecule has 1 aromatic carbocycles. The number of hydrogen-bond donors (Lipinski definition) is 1. The molecule has 0 unspecified atom stereocenters. The Morgan fingerprint density at radius 2 is 1.77 bits per heavy atom. The number of ether oxygens (including phenoxy) is 1. The van der Waals surface area contributed by atoms with Crippen LogP contribution < -0.4 is 10.2 Å². The molecular formula is C21H21F3N4O6S. The van der Waals surface area contributed by atoms with Gasteiger partial charge >= 0.3 is 17.6 Å². The Bertz CT molecular complexity index is 1260. The number of benzene rings is 1. The van der Waals surface area contributed by atoms with Crippen LogP contribution in [0.1, 0.15) is 26.3 Å². The zero-order valence-corrected chi connectivity index (χ0v) is 19.6. The molecule has 0 aliphatic carbocycles. The summed E-state index contributed by atoms with van der Waals surface area (Å²) in [6, 6.07) is 5.59. The van der Waals surface area contributed by atoms with Crippen molar-refractivity contribution < 1.29 is 40.7 Å². The van der Waals surface area contributed by atoms with E-state index in [9.17, 15) is 36.0 Å². The first-order chi connectivity index (χ1) is 16.2. The number of carbonyl (C=O) groups excluding carboxylic acids is 3. The molecule has 2 aromatic rings. The van der Waals surface area contributed by atoms with Crippen molar-refractivity contribution in [3.05, 3.63) is 48.2 Å². The number of sulfone groups is 1. The topological polar surface area (TPSA) is 126 Å². The van der Waals surface area contributed by atoms with E-state index in [4.69, 9.17) is 4.74 Å². The molecule has 0 saturated carbocycles. The van der Waals surface area contributed by atoms with Gasteiger partial charge in [0.15, 0.2) is 0 Å². The zero-order chi connectivity index (χ0) is 26.2. The molecule has 4 amide bonds. The fourth-order valence-electron chi connectivity index (χ4n) is 3.33. The fourth-order valence-corrected chi connectivity index (χ4v) is 4.09. The quantitative estimate of drug-likeness (QED) is 0.583. The smallest absolute Gasteiger partial charge is 0.450 e. The number of halogens is 3. The Kier molecular flexibility index (Phi) is 6.79. The van der Waals surface area contributed by atoms with Gasteiger partial charge in [-0.1, -0.05) is 0 Å². The maximum atomic E-state index is 13.2. The van der Waals surface area contributed by atoms with Gasteiger partial charge in [0.05, 0.1) is 17.2 Å². The van der Waals surface area contributed by atoms with E-state index in [1.807, 2.05) is 0 Å². The maximum absolute atomic E-state index is 13.2. The standard InChI is InChI=1S/C21H21F3N4O6S/c1-4-34-18(30)26-16-11-13(9-10-25-16)12-27-19(31)28(17(29)20(27,2)3)14-5-7-15(8-6-14)35(32,33)21(22,23)24/h5-11H,4,12H2,1-3H3,(H,25,26,30). The molecule has 1 fully saturated rings. The van der Waals surface area contributed by atoms with Crippen LogP contribution in [0.15, 0.2) is 47.5 Å². The van der Waals surface area contributed by atoms with Crippen LogP contribution in [0.2, 0.25) is 0 Å². The number of nitrogens with zero attached hydrogens (tertiary/aromatic N) is 3. The summed E-state index contributed by atoms with van der Waals surface area (Å²) in [6.07, 6.45) is 0.677. The molecule has 10 nitrogen and oxygen atoms in total. The second kappa shape index (κ2) is 9.17. The molecular weight excluding hydrogens is 493 g/mol. The summed E-state index contributed by atoms with van der Waals surface area (Å²) in [5, 5.41) is 2.43. The van der Waals surface area contributed by atoms with Crippen LogP contribution in [-0.2, 0) is 25.9 Å². The van der Waals surface area contributed by atoms with Crippen LogP contribution in [0.25, 0.3) is 0 Å². The highest BCUT2D eigenvalue weighted by atomic mass is 32.2. The van der Waals surface area contributed by atoms with Gasteiger partial charge < -0.3 is 9.64 Å². The van der Waals surface area contributed by atoms with Gasteiger partial charge in [-0.3, -0.25) is 10.1 Å². The second-order valence-electron chi connectivity index (χ2n) is 7.91. The molecule has 1 aliphatic rings. The second-order valence-corrected chi connectivity index (χ2v) is 9.85. The minimum atomic E-state index is -5.58. The van der Waals surface area contributed by atoms with Crippen molar-refractivity contribution in [3.8, 4) is 0 Å². The molecule has 1 saturated heterocycles. The van der Waals surface area contributed by atoms with Gasteiger partial charge in [-0.25, -0.2) is 27.9 Å². The Labute approximate surface area is 198 Å². The minimum Gasteiger partial charge on any atom is -0.450 e. The summed E-state index contributed by atoms with van der Waals surface area (Å²) in [5.41, 5.74) is -6.39. The van der Waals surface area contributed by atoms with Crippen LogP contribution >= 0.6 is 0 Å². The van der Waals surface area contributed by atoms with E-state index in [0.29, 0.717) is 17.7 Å². The summed E-state index contributed by atoms with van der Waals surface area (Å²) >= 11 is 0. The van der Waals surface area contributed by atoms with Crippen molar-refractivity contribution in [2.24, 2.45) is 0 Å². The van der Waals surface area contributed by atoms with Gasteiger partial charge in [0.1, 0.15) is 11.4 Å². The van der Waals surface area contributed by atoms with Gasteiger partial charge in [-0.2, -0.15) is 13.2 Å². The number of imide groups is 1. The molecule has 0 atom stereocenters. The van der Waals surface area contributed by atoms with Crippen LogP contribution in [0.5, 0.6) is 0 Å². The lowest BCUT2D eigenvalue weighted by molar-refractivity contribution is -0.123. The molecule has 14 heteroatoms. The van der Waals surface area contributed by atoms with Crippen LogP contribution in [0, 0.1) is 0 Å².